The molecule has 0 saturated heterocycles. The minimum atomic E-state index is -3.86. The molecular formula is C20H25N3O5S. The van der Waals surface area contributed by atoms with Gasteiger partial charge in [0.15, 0.2) is 0 Å². The van der Waals surface area contributed by atoms with E-state index in [4.69, 9.17) is 4.74 Å². The van der Waals surface area contributed by atoms with Crippen LogP contribution in [0.3, 0.4) is 0 Å². The van der Waals surface area contributed by atoms with Gasteiger partial charge in [-0.25, -0.2) is 8.42 Å². The number of benzene rings is 2. The fraction of sp³-hybridized carbons (Fsp3) is 0.300. The fourth-order valence-corrected chi connectivity index (χ4v) is 3.40. The SMILES string of the molecule is CC(C)Oc1ccc(NS(=O)(=O)CC(=O)NCCNC(=O)c2ccccc2)cc1. The van der Waals surface area contributed by atoms with Crippen molar-refractivity contribution in [1.29, 1.82) is 0 Å². The summed E-state index contributed by atoms with van der Waals surface area (Å²) in [6.45, 7) is 4.09. The van der Waals surface area contributed by atoms with E-state index in [1.807, 2.05) is 13.8 Å². The summed E-state index contributed by atoms with van der Waals surface area (Å²) < 4.78 is 32.1. The van der Waals surface area contributed by atoms with Crippen molar-refractivity contribution in [3.05, 3.63) is 60.2 Å². The third-order valence-corrected chi connectivity index (χ3v) is 4.78. The molecule has 0 radical (unpaired) electrons. The molecule has 2 rings (SSSR count). The van der Waals surface area contributed by atoms with Crippen LogP contribution in [0.15, 0.2) is 54.6 Å². The smallest absolute Gasteiger partial charge is 0.251 e. The minimum absolute atomic E-state index is 0.0127. The molecule has 0 aliphatic carbocycles. The van der Waals surface area contributed by atoms with E-state index >= 15 is 0 Å². The van der Waals surface area contributed by atoms with Crippen LogP contribution in [0, 0.1) is 0 Å². The van der Waals surface area contributed by atoms with Gasteiger partial charge in [0, 0.05) is 24.3 Å². The Hall–Kier alpha value is -3.07. The van der Waals surface area contributed by atoms with Crippen LogP contribution in [0.1, 0.15) is 24.2 Å². The van der Waals surface area contributed by atoms with Crippen LogP contribution in [0.4, 0.5) is 5.69 Å². The standard InChI is InChI=1S/C20H25N3O5S/c1-15(2)28-18-10-8-17(9-11-18)23-29(26,27)14-19(24)21-12-13-22-20(25)16-6-4-3-5-7-16/h3-11,15,23H,12-14H2,1-2H3,(H,21,24)(H,22,25). The van der Waals surface area contributed by atoms with Crippen LogP contribution in [0.2, 0.25) is 0 Å². The van der Waals surface area contributed by atoms with Gasteiger partial charge in [-0.15, -0.1) is 0 Å². The third kappa shape index (κ3) is 8.22. The second-order valence-electron chi connectivity index (χ2n) is 6.52. The number of carbonyl (C=O) groups excluding carboxylic acids is 2. The minimum Gasteiger partial charge on any atom is -0.491 e. The topological polar surface area (TPSA) is 114 Å². The van der Waals surface area contributed by atoms with Crippen molar-refractivity contribution in [1.82, 2.24) is 10.6 Å². The fourth-order valence-electron chi connectivity index (χ4n) is 2.38. The van der Waals surface area contributed by atoms with Crippen molar-refractivity contribution < 1.29 is 22.7 Å². The number of nitrogens with one attached hydrogen (secondary N) is 3. The Balaban J connectivity index is 1.73. The highest BCUT2D eigenvalue weighted by Crippen LogP contribution is 2.17. The van der Waals surface area contributed by atoms with E-state index in [9.17, 15) is 18.0 Å². The first-order chi connectivity index (χ1) is 13.7. The molecule has 0 fully saturated rings. The van der Waals surface area contributed by atoms with Gasteiger partial charge in [0.1, 0.15) is 11.5 Å². The largest absolute Gasteiger partial charge is 0.491 e. The Morgan fingerprint density at radius 3 is 2.17 bits per heavy atom. The summed E-state index contributed by atoms with van der Waals surface area (Å²) in [6.07, 6.45) is 0.0127. The zero-order valence-electron chi connectivity index (χ0n) is 16.3. The number of ether oxygens (including phenoxy) is 1. The molecule has 0 spiro atoms. The highest BCUT2D eigenvalue weighted by Gasteiger charge is 2.16. The first-order valence-corrected chi connectivity index (χ1v) is 10.8. The Kier molecular flexibility index (Phi) is 8.02. The number of carbonyl (C=O) groups is 2. The van der Waals surface area contributed by atoms with E-state index in [2.05, 4.69) is 15.4 Å². The predicted molar refractivity (Wildman–Crippen MR) is 111 cm³/mol. The number of sulfonamides is 1. The van der Waals surface area contributed by atoms with Gasteiger partial charge in [0.2, 0.25) is 15.9 Å². The molecule has 0 atom stereocenters. The molecule has 0 aromatic heterocycles. The molecule has 3 N–H and O–H groups in total. The van der Waals surface area contributed by atoms with Crippen LogP contribution in [-0.2, 0) is 14.8 Å². The van der Waals surface area contributed by atoms with Crippen molar-refractivity contribution >= 4 is 27.5 Å². The van der Waals surface area contributed by atoms with E-state index in [1.165, 1.54) is 0 Å². The average Bonchev–Trinajstić information content (AvgIpc) is 2.66. The predicted octanol–water partition coefficient (Wildman–Crippen LogP) is 1.76. The molecule has 0 aliphatic rings. The van der Waals surface area contributed by atoms with Crippen molar-refractivity contribution in [2.24, 2.45) is 0 Å². The van der Waals surface area contributed by atoms with E-state index in [1.54, 1.807) is 54.6 Å². The van der Waals surface area contributed by atoms with Crippen LogP contribution in [-0.4, -0.2) is 45.2 Å². The Morgan fingerprint density at radius 2 is 1.55 bits per heavy atom. The number of hydrogen-bond donors (Lipinski definition) is 3. The number of hydrogen-bond acceptors (Lipinski definition) is 5. The van der Waals surface area contributed by atoms with Gasteiger partial charge in [-0.1, -0.05) is 18.2 Å². The molecule has 29 heavy (non-hydrogen) atoms. The first-order valence-electron chi connectivity index (χ1n) is 9.12. The summed E-state index contributed by atoms with van der Waals surface area (Å²) in [5.41, 5.74) is 0.847. The van der Waals surface area contributed by atoms with E-state index in [0.717, 1.165) is 0 Å². The summed E-state index contributed by atoms with van der Waals surface area (Å²) in [6, 6.07) is 15.1. The highest BCUT2D eigenvalue weighted by atomic mass is 32.2. The molecule has 0 heterocycles. The molecule has 0 bridgehead atoms. The molecule has 9 heteroatoms. The molecule has 156 valence electrons. The number of amides is 2. The van der Waals surface area contributed by atoms with Gasteiger partial charge in [0.25, 0.3) is 5.91 Å². The van der Waals surface area contributed by atoms with Crippen molar-refractivity contribution in [3.8, 4) is 5.75 Å². The molecule has 2 aromatic carbocycles. The summed E-state index contributed by atoms with van der Waals surface area (Å²) in [7, 11) is -3.86. The summed E-state index contributed by atoms with van der Waals surface area (Å²) >= 11 is 0. The van der Waals surface area contributed by atoms with Crippen molar-refractivity contribution in [2.75, 3.05) is 23.6 Å². The highest BCUT2D eigenvalue weighted by molar-refractivity contribution is 7.93. The van der Waals surface area contributed by atoms with Crippen LogP contribution in [0.25, 0.3) is 0 Å². The number of anilines is 1. The maximum Gasteiger partial charge on any atom is 0.251 e. The van der Waals surface area contributed by atoms with Crippen LogP contribution in [0.5, 0.6) is 5.75 Å². The first kappa shape index (κ1) is 22.2. The van der Waals surface area contributed by atoms with Gasteiger partial charge in [-0.2, -0.15) is 0 Å². The maximum atomic E-state index is 12.1. The van der Waals surface area contributed by atoms with Gasteiger partial charge >= 0.3 is 0 Å². The molecule has 8 nitrogen and oxygen atoms in total. The molecule has 2 aromatic rings. The molecule has 0 saturated carbocycles. The third-order valence-electron chi connectivity index (χ3n) is 3.59. The van der Waals surface area contributed by atoms with Crippen molar-refractivity contribution in [2.45, 2.75) is 20.0 Å². The zero-order valence-corrected chi connectivity index (χ0v) is 17.2. The molecule has 0 unspecified atom stereocenters. The van der Waals surface area contributed by atoms with E-state index < -0.39 is 21.7 Å². The maximum absolute atomic E-state index is 12.1. The monoisotopic (exact) mass is 419 g/mol. The normalized spacial score (nSPS) is 11.0. The summed E-state index contributed by atoms with van der Waals surface area (Å²) in [5, 5.41) is 5.11. The van der Waals surface area contributed by atoms with Crippen LogP contribution >= 0.6 is 0 Å². The van der Waals surface area contributed by atoms with Gasteiger partial charge in [-0.05, 0) is 50.2 Å². The Morgan fingerprint density at radius 1 is 0.931 bits per heavy atom. The molecule has 2 amide bonds. The number of rotatable bonds is 10. The molecule has 0 aliphatic heterocycles. The lowest BCUT2D eigenvalue weighted by atomic mass is 10.2. The van der Waals surface area contributed by atoms with E-state index in [-0.39, 0.29) is 25.1 Å². The van der Waals surface area contributed by atoms with Gasteiger partial charge in [-0.3, -0.25) is 14.3 Å². The summed E-state index contributed by atoms with van der Waals surface area (Å²) in [4.78, 5) is 23.7. The second kappa shape index (κ2) is 10.5. The second-order valence-corrected chi connectivity index (χ2v) is 8.25. The zero-order chi connectivity index (χ0) is 21.3. The van der Waals surface area contributed by atoms with E-state index in [0.29, 0.717) is 17.0 Å². The molecular weight excluding hydrogens is 394 g/mol. The Labute approximate surface area is 170 Å². The van der Waals surface area contributed by atoms with Crippen molar-refractivity contribution in [3.63, 3.8) is 0 Å². The van der Waals surface area contributed by atoms with Crippen LogP contribution < -0.4 is 20.1 Å². The Bertz CT molecular complexity index is 913. The lowest BCUT2D eigenvalue weighted by molar-refractivity contribution is -0.118. The van der Waals surface area contributed by atoms with Gasteiger partial charge < -0.3 is 15.4 Å². The van der Waals surface area contributed by atoms with Gasteiger partial charge in [0.05, 0.1) is 6.10 Å². The summed E-state index contributed by atoms with van der Waals surface area (Å²) in [5.74, 6) is -1.02. The average molecular weight is 420 g/mol. The lowest BCUT2D eigenvalue weighted by Crippen LogP contribution is -2.38. The lowest BCUT2D eigenvalue weighted by Gasteiger charge is -2.12. The quantitative estimate of drug-likeness (QED) is 0.508.